The van der Waals surface area contributed by atoms with E-state index in [1.54, 1.807) is 0 Å². The first kappa shape index (κ1) is 14.6. The van der Waals surface area contributed by atoms with Crippen LogP contribution in [0.2, 0.25) is 0 Å². The number of rotatable bonds is 5. The molecule has 0 N–H and O–H groups in total. The first-order chi connectivity index (χ1) is 5.41. The van der Waals surface area contributed by atoms with E-state index in [1.807, 2.05) is 6.92 Å². The molecular formula is C9H17IZn. The van der Waals surface area contributed by atoms with Gasteiger partial charge in [0.25, 0.3) is 0 Å². The summed E-state index contributed by atoms with van der Waals surface area (Å²) in [6, 6.07) is 0. The fraction of sp³-hybridized carbons (Fsp3) is 0.778. The minimum atomic E-state index is 1.22. The number of halogens is 1. The molecule has 0 aliphatic carbocycles. The van der Waals surface area contributed by atoms with Crippen LogP contribution in [0.1, 0.15) is 46.0 Å². The van der Waals surface area contributed by atoms with Gasteiger partial charge in [-0.2, -0.15) is 6.92 Å². The molecule has 0 aromatic rings. The first-order valence-corrected chi connectivity index (χ1v) is 13.2. The topological polar surface area (TPSA) is 0 Å². The molecule has 0 nitrogen and oxygen atoms in total. The molecule has 2 heteroatoms. The van der Waals surface area contributed by atoms with Crippen molar-refractivity contribution < 1.29 is 14.8 Å². The van der Waals surface area contributed by atoms with Crippen molar-refractivity contribution in [1.82, 2.24) is 0 Å². The van der Waals surface area contributed by atoms with Crippen LogP contribution in [-0.4, -0.2) is 0 Å². The Bertz CT molecular complexity index is 72.0. The molecular weight excluding hydrogens is 300 g/mol. The van der Waals surface area contributed by atoms with E-state index in [-0.39, 0.29) is 0 Å². The molecule has 62 valence electrons. The zero-order chi connectivity index (χ0) is 8.95. The van der Waals surface area contributed by atoms with Gasteiger partial charge in [-0.05, 0) is 0 Å². The summed E-state index contributed by atoms with van der Waals surface area (Å²) < 4.78 is 0. The van der Waals surface area contributed by atoms with Crippen LogP contribution < -0.4 is 0 Å². The fourth-order valence-corrected chi connectivity index (χ4v) is 0.818. The van der Waals surface area contributed by atoms with E-state index in [4.69, 9.17) is 0 Å². The van der Waals surface area contributed by atoms with Crippen LogP contribution in [0.3, 0.4) is 0 Å². The molecule has 0 aliphatic rings. The van der Waals surface area contributed by atoms with Gasteiger partial charge in [0.05, 0.1) is 0 Å². The standard InChI is InChI=1S/C9H17.HI.Zn/c1-3-5-7-9-8-6-4-2;;/h6H,3,5,7-9H2,1-2H3;1H;/q-1;;+2/p-1. The minimum absolute atomic E-state index is 1.22. The van der Waals surface area contributed by atoms with Crippen molar-refractivity contribution in [2.45, 2.75) is 46.0 Å². The number of hydrogen-bond donors (Lipinski definition) is 0. The van der Waals surface area contributed by atoms with Gasteiger partial charge in [0.15, 0.2) is 0 Å². The van der Waals surface area contributed by atoms with Gasteiger partial charge in [0.2, 0.25) is 0 Å². The SMILES string of the molecule is C[C-]=CCCCCCC.[Zn+][I]. The molecule has 0 heterocycles. The molecule has 0 atom stereocenters. The third-order valence-corrected chi connectivity index (χ3v) is 1.41. The fourth-order valence-electron chi connectivity index (χ4n) is 0.818. The molecule has 0 aliphatic heterocycles. The average molecular weight is 318 g/mol. The maximum atomic E-state index is 3.02. The van der Waals surface area contributed by atoms with Crippen molar-refractivity contribution in [2.24, 2.45) is 0 Å². The van der Waals surface area contributed by atoms with Crippen LogP contribution in [0.4, 0.5) is 0 Å². The van der Waals surface area contributed by atoms with Gasteiger partial charge in [0.1, 0.15) is 0 Å². The van der Waals surface area contributed by atoms with Gasteiger partial charge in [0, 0.05) is 0 Å². The van der Waals surface area contributed by atoms with E-state index in [0.29, 0.717) is 0 Å². The summed E-state index contributed by atoms with van der Waals surface area (Å²) in [4.78, 5) is 0. The Morgan fingerprint density at radius 3 is 2.36 bits per heavy atom. The first-order valence-electron chi connectivity index (χ1n) is 4.17. The normalized spacial score (nSPS) is 9.55. The Morgan fingerprint density at radius 2 is 1.91 bits per heavy atom. The Kier molecular flexibility index (Phi) is 22.9. The quantitative estimate of drug-likeness (QED) is 0.308. The van der Waals surface area contributed by atoms with Gasteiger partial charge in [-0.1, -0.05) is 39.0 Å². The van der Waals surface area contributed by atoms with Crippen LogP contribution in [0.15, 0.2) is 6.08 Å². The van der Waals surface area contributed by atoms with Crippen LogP contribution in [0.5, 0.6) is 0 Å². The zero-order valence-corrected chi connectivity index (χ0v) is 12.8. The Balaban J connectivity index is 0. The molecule has 0 radical (unpaired) electrons. The summed E-state index contributed by atoms with van der Waals surface area (Å²) in [6.45, 7) is 4.20. The molecule has 0 saturated carbocycles. The second-order valence-corrected chi connectivity index (χ2v) is 2.34. The van der Waals surface area contributed by atoms with Gasteiger partial charge in [-0.15, -0.1) is 0 Å². The van der Waals surface area contributed by atoms with Crippen molar-refractivity contribution in [3.8, 4) is 0 Å². The van der Waals surface area contributed by atoms with Crippen molar-refractivity contribution in [3.63, 3.8) is 0 Å². The van der Waals surface area contributed by atoms with Crippen LogP contribution in [-0.2, 0) is 14.8 Å². The molecule has 0 spiro atoms. The van der Waals surface area contributed by atoms with E-state index in [9.17, 15) is 0 Å². The third kappa shape index (κ3) is 18.2. The summed E-state index contributed by atoms with van der Waals surface area (Å²) in [6.07, 6.45) is 11.8. The summed E-state index contributed by atoms with van der Waals surface area (Å²) in [5.74, 6) is 0. The Morgan fingerprint density at radius 1 is 1.27 bits per heavy atom. The Labute approximate surface area is 92.1 Å². The second kappa shape index (κ2) is 17.3. The summed E-state index contributed by atoms with van der Waals surface area (Å²) in [7, 11) is 0. The van der Waals surface area contributed by atoms with E-state index in [0.717, 1.165) is 0 Å². The molecule has 11 heavy (non-hydrogen) atoms. The van der Waals surface area contributed by atoms with Gasteiger partial charge >= 0.3 is 34.5 Å². The average Bonchev–Trinajstić information content (AvgIpc) is 2.08. The molecule has 0 saturated heterocycles. The number of allylic oxidation sites excluding steroid dienone is 2. The van der Waals surface area contributed by atoms with Crippen LogP contribution in [0.25, 0.3) is 0 Å². The Hall–Kier alpha value is 1.09. The number of unbranched alkanes of at least 4 members (excludes halogenated alkanes) is 4. The third-order valence-electron chi connectivity index (χ3n) is 1.41. The van der Waals surface area contributed by atoms with Crippen LogP contribution >= 0.6 is 19.8 Å². The maximum absolute atomic E-state index is 3.02. The molecule has 0 amide bonds. The number of hydrogen-bond acceptors (Lipinski definition) is 0. The predicted molar refractivity (Wildman–Crippen MR) is 56.3 cm³/mol. The van der Waals surface area contributed by atoms with Gasteiger partial charge in [-0.25, -0.2) is 0 Å². The second-order valence-electron chi connectivity index (χ2n) is 2.34. The monoisotopic (exact) mass is 316 g/mol. The van der Waals surface area contributed by atoms with E-state index in [2.05, 4.69) is 38.8 Å². The molecule has 0 aromatic carbocycles. The van der Waals surface area contributed by atoms with Crippen molar-refractivity contribution >= 4 is 19.8 Å². The zero-order valence-electron chi connectivity index (χ0n) is 7.70. The van der Waals surface area contributed by atoms with E-state index in [1.165, 1.54) is 46.9 Å². The molecule has 0 rings (SSSR count). The molecule has 0 bridgehead atoms. The summed E-state index contributed by atoms with van der Waals surface area (Å²) >= 11 is 3.62. The summed E-state index contributed by atoms with van der Waals surface area (Å²) in [5, 5.41) is 0. The molecule has 0 unspecified atom stereocenters. The van der Waals surface area contributed by atoms with E-state index < -0.39 is 0 Å². The van der Waals surface area contributed by atoms with Crippen molar-refractivity contribution in [2.75, 3.05) is 0 Å². The van der Waals surface area contributed by atoms with Crippen molar-refractivity contribution in [3.05, 3.63) is 12.2 Å². The van der Waals surface area contributed by atoms with Crippen molar-refractivity contribution in [1.29, 1.82) is 0 Å². The van der Waals surface area contributed by atoms with Gasteiger partial charge < -0.3 is 6.08 Å². The van der Waals surface area contributed by atoms with E-state index >= 15 is 0 Å². The summed E-state index contributed by atoms with van der Waals surface area (Å²) in [5.41, 5.74) is 0. The predicted octanol–water partition coefficient (Wildman–Crippen LogP) is 4.22. The molecule has 0 aromatic heterocycles. The van der Waals surface area contributed by atoms with Gasteiger partial charge in [-0.3, -0.25) is 6.08 Å². The van der Waals surface area contributed by atoms with Crippen LogP contribution in [0, 0.1) is 6.08 Å². The molecule has 0 fully saturated rings.